The van der Waals surface area contributed by atoms with Crippen LogP contribution in [0.1, 0.15) is 13.3 Å². The Hall–Kier alpha value is -1.63. The summed E-state index contributed by atoms with van der Waals surface area (Å²) < 4.78 is 4.90. The van der Waals surface area contributed by atoms with Gasteiger partial charge in [0.15, 0.2) is 0 Å². The van der Waals surface area contributed by atoms with Gasteiger partial charge >= 0.3 is 0 Å². The third kappa shape index (κ3) is 5.20. The van der Waals surface area contributed by atoms with Crippen molar-refractivity contribution < 1.29 is 14.3 Å². The molecular weight excluding hydrogens is 318 g/mol. The van der Waals surface area contributed by atoms with Crippen LogP contribution < -0.4 is 15.5 Å². The summed E-state index contributed by atoms with van der Waals surface area (Å²) in [5.74, 6) is -0.222. The molecule has 2 rings (SSSR count). The van der Waals surface area contributed by atoms with E-state index in [0.29, 0.717) is 19.6 Å². The lowest BCUT2D eigenvalue weighted by atomic mass is 10.2. The first-order chi connectivity index (χ1) is 10.6. The summed E-state index contributed by atoms with van der Waals surface area (Å²) in [5.41, 5.74) is 0.870. The number of amides is 2. The van der Waals surface area contributed by atoms with Gasteiger partial charge in [0.05, 0.1) is 13.2 Å². The SMILES string of the molecule is COCCNCC(=O)NC1CC(C)N(c2ccccc2)C1=O.Cl. The van der Waals surface area contributed by atoms with Gasteiger partial charge in [0, 0.05) is 25.4 Å². The molecule has 2 unspecified atom stereocenters. The fourth-order valence-corrected chi connectivity index (χ4v) is 2.64. The number of carbonyl (C=O) groups excluding carboxylic acids is 2. The molecule has 1 aliphatic heterocycles. The Bertz CT molecular complexity index is 513. The van der Waals surface area contributed by atoms with Crippen LogP contribution in [-0.2, 0) is 14.3 Å². The van der Waals surface area contributed by atoms with Crippen molar-refractivity contribution in [2.45, 2.75) is 25.4 Å². The average molecular weight is 342 g/mol. The van der Waals surface area contributed by atoms with Crippen LogP contribution in [-0.4, -0.2) is 50.7 Å². The van der Waals surface area contributed by atoms with Gasteiger partial charge in [0.1, 0.15) is 6.04 Å². The van der Waals surface area contributed by atoms with Crippen LogP contribution in [0.25, 0.3) is 0 Å². The van der Waals surface area contributed by atoms with E-state index >= 15 is 0 Å². The van der Waals surface area contributed by atoms with Crippen molar-refractivity contribution in [3.63, 3.8) is 0 Å². The number of nitrogens with one attached hydrogen (secondary N) is 2. The molecule has 2 amide bonds. The number of nitrogens with zero attached hydrogens (tertiary/aromatic N) is 1. The van der Waals surface area contributed by atoms with Gasteiger partial charge in [0.2, 0.25) is 11.8 Å². The van der Waals surface area contributed by atoms with E-state index in [9.17, 15) is 9.59 Å². The predicted octanol–water partition coefficient (Wildman–Crippen LogP) is 0.954. The lowest BCUT2D eigenvalue weighted by Gasteiger charge is -2.21. The third-order valence-electron chi connectivity index (χ3n) is 3.69. The third-order valence-corrected chi connectivity index (χ3v) is 3.69. The van der Waals surface area contributed by atoms with Crippen molar-refractivity contribution in [2.24, 2.45) is 0 Å². The Labute approximate surface area is 143 Å². The summed E-state index contributed by atoms with van der Waals surface area (Å²) in [6.45, 7) is 3.34. The number of para-hydroxylation sites is 1. The van der Waals surface area contributed by atoms with Crippen LogP contribution >= 0.6 is 12.4 Å². The maximum atomic E-state index is 12.5. The number of methoxy groups -OCH3 is 1. The molecule has 0 spiro atoms. The molecule has 1 aromatic rings. The van der Waals surface area contributed by atoms with Crippen LogP contribution in [0.3, 0.4) is 0 Å². The fourth-order valence-electron chi connectivity index (χ4n) is 2.64. The summed E-state index contributed by atoms with van der Waals surface area (Å²) in [6.07, 6.45) is 0.623. The molecule has 128 valence electrons. The number of hydrogen-bond acceptors (Lipinski definition) is 4. The van der Waals surface area contributed by atoms with Crippen LogP contribution in [0.4, 0.5) is 5.69 Å². The zero-order valence-electron chi connectivity index (χ0n) is 13.5. The van der Waals surface area contributed by atoms with Crippen LogP contribution in [0.15, 0.2) is 30.3 Å². The molecule has 0 aromatic heterocycles. The molecule has 1 fully saturated rings. The van der Waals surface area contributed by atoms with E-state index in [1.165, 1.54) is 0 Å². The highest BCUT2D eigenvalue weighted by atomic mass is 35.5. The van der Waals surface area contributed by atoms with Crippen molar-refractivity contribution in [3.05, 3.63) is 30.3 Å². The van der Waals surface area contributed by atoms with Crippen LogP contribution in [0.5, 0.6) is 0 Å². The monoisotopic (exact) mass is 341 g/mol. The second kappa shape index (κ2) is 9.50. The quantitative estimate of drug-likeness (QED) is 0.725. The molecule has 7 heteroatoms. The normalized spacial score (nSPS) is 20.3. The Balaban J connectivity index is 0.00000264. The van der Waals surface area contributed by atoms with Gasteiger partial charge < -0.3 is 20.3 Å². The highest BCUT2D eigenvalue weighted by Gasteiger charge is 2.38. The van der Waals surface area contributed by atoms with Crippen molar-refractivity contribution in [2.75, 3.05) is 31.7 Å². The van der Waals surface area contributed by atoms with Gasteiger partial charge in [0.25, 0.3) is 0 Å². The summed E-state index contributed by atoms with van der Waals surface area (Å²) in [4.78, 5) is 26.1. The minimum absolute atomic E-state index is 0. The molecule has 0 bridgehead atoms. The van der Waals surface area contributed by atoms with Gasteiger partial charge in [-0.15, -0.1) is 12.4 Å². The zero-order valence-corrected chi connectivity index (χ0v) is 14.3. The summed E-state index contributed by atoms with van der Waals surface area (Å²) in [7, 11) is 1.61. The molecule has 23 heavy (non-hydrogen) atoms. The van der Waals surface area contributed by atoms with Gasteiger partial charge in [-0.3, -0.25) is 9.59 Å². The molecule has 0 aliphatic carbocycles. The number of anilines is 1. The molecule has 0 radical (unpaired) electrons. The molecule has 1 aliphatic rings. The lowest BCUT2D eigenvalue weighted by molar-refractivity contribution is -0.125. The van der Waals surface area contributed by atoms with Crippen LogP contribution in [0, 0.1) is 0 Å². The Morgan fingerprint density at radius 3 is 2.70 bits per heavy atom. The van der Waals surface area contributed by atoms with Crippen molar-refractivity contribution in [3.8, 4) is 0 Å². The largest absolute Gasteiger partial charge is 0.383 e. The number of rotatable bonds is 7. The molecule has 2 N–H and O–H groups in total. The maximum absolute atomic E-state index is 12.5. The first-order valence-corrected chi connectivity index (χ1v) is 7.50. The number of carbonyl (C=O) groups is 2. The summed E-state index contributed by atoms with van der Waals surface area (Å²) >= 11 is 0. The van der Waals surface area contributed by atoms with E-state index in [-0.39, 0.29) is 36.8 Å². The molecule has 1 heterocycles. The highest BCUT2D eigenvalue weighted by molar-refractivity contribution is 6.02. The minimum atomic E-state index is -0.452. The van der Waals surface area contributed by atoms with E-state index in [0.717, 1.165) is 5.69 Å². The van der Waals surface area contributed by atoms with Gasteiger partial charge in [-0.25, -0.2) is 0 Å². The van der Waals surface area contributed by atoms with Gasteiger partial charge in [-0.05, 0) is 25.5 Å². The number of benzene rings is 1. The Morgan fingerprint density at radius 1 is 1.35 bits per heavy atom. The zero-order chi connectivity index (χ0) is 15.9. The van der Waals surface area contributed by atoms with E-state index < -0.39 is 6.04 Å². The average Bonchev–Trinajstić information content (AvgIpc) is 2.79. The second-order valence-electron chi connectivity index (χ2n) is 5.42. The maximum Gasteiger partial charge on any atom is 0.249 e. The fraction of sp³-hybridized carbons (Fsp3) is 0.500. The first-order valence-electron chi connectivity index (χ1n) is 7.50. The first kappa shape index (κ1) is 19.4. The van der Waals surface area contributed by atoms with Crippen molar-refractivity contribution >= 4 is 29.9 Å². The van der Waals surface area contributed by atoms with Crippen molar-refractivity contribution in [1.29, 1.82) is 0 Å². The van der Waals surface area contributed by atoms with E-state index in [2.05, 4.69) is 10.6 Å². The number of ether oxygens (including phenoxy) is 1. The van der Waals surface area contributed by atoms with E-state index in [4.69, 9.17) is 4.74 Å². The smallest absolute Gasteiger partial charge is 0.249 e. The lowest BCUT2D eigenvalue weighted by Crippen LogP contribution is -2.45. The molecule has 6 nitrogen and oxygen atoms in total. The second-order valence-corrected chi connectivity index (χ2v) is 5.42. The molecule has 1 saturated heterocycles. The standard InChI is InChI=1S/C16H23N3O3.ClH/c1-12-10-14(18-15(20)11-17-8-9-22-2)16(21)19(12)13-6-4-3-5-7-13;/h3-7,12,14,17H,8-11H2,1-2H3,(H,18,20);1H. The van der Waals surface area contributed by atoms with E-state index in [1.54, 1.807) is 12.0 Å². The van der Waals surface area contributed by atoms with Crippen LogP contribution in [0.2, 0.25) is 0 Å². The Morgan fingerprint density at radius 2 is 2.04 bits per heavy atom. The summed E-state index contributed by atoms with van der Waals surface area (Å²) in [5, 5.41) is 5.77. The molecule has 1 aromatic carbocycles. The minimum Gasteiger partial charge on any atom is -0.383 e. The topological polar surface area (TPSA) is 70.7 Å². The molecule has 0 saturated carbocycles. The predicted molar refractivity (Wildman–Crippen MR) is 91.9 cm³/mol. The Kier molecular flexibility index (Phi) is 8.02. The number of hydrogen-bond donors (Lipinski definition) is 2. The number of halogens is 1. The highest BCUT2D eigenvalue weighted by Crippen LogP contribution is 2.26. The molecular formula is C16H24ClN3O3. The van der Waals surface area contributed by atoms with E-state index in [1.807, 2.05) is 37.3 Å². The summed E-state index contributed by atoms with van der Waals surface area (Å²) in [6, 6.07) is 9.16. The van der Waals surface area contributed by atoms with Gasteiger partial charge in [-0.1, -0.05) is 18.2 Å². The van der Waals surface area contributed by atoms with Crippen molar-refractivity contribution in [1.82, 2.24) is 10.6 Å². The van der Waals surface area contributed by atoms with Gasteiger partial charge in [-0.2, -0.15) is 0 Å². The molecule has 2 atom stereocenters.